The fourth-order valence-corrected chi connectivity index (χ4v) is 1.70. The lowest BCUT2D eigenvalue weighted by Gasteiger charge is -2.13. The molecule has 0 aliphatic carbocycles. The van der Waals surface area contributed by atoms with Crippen molar-refractivity contribution >= 4 is 11.9 Å². The van der Waals surface area contributed by atoms with E-state index >= 15 is 0 Å². The maximum absolute atomic E-state index is 13.5. The Morgan fingerprint density at radius 3 is 2.63 bits per heavy atom. The van der Waals surface area contributed by atoms with Gasteiger partial charge in [0, 0.05) is 13.0 Å². The minimum atomic E-state index is -1.17. The van der Waals surface area contributed by atoms with Crippen LogP contribution in [0.15, 0.2) is 18.2 Å². The highest BCUT2D eigenvalue weighted by atomic mass is 19.1. The Morgan fingerprint density at radius 2 is 2.16 bits per heavy atom. The van der Waals surface area contributed by atoms with Gasteiger partial charge in [-0.25, -0.2) is 4.39 Å². The number of nitrogens with one attached hydrogen (secondary N) is 1. The number of rotatable bonds is 6. The first kappa shape index (κ1) is 14.9. The van der Waals surface area contributed by atoms with Crippen LogP contribution in [0.5, 0.6) is 5.75 Å². The average molecular weight is 269 g/mol. The Hall–Kier alpha value is -2.11. The summed E-state index contributed by atoms with van der Waals surface area (Å²) in [7, 11) is 1.32. The largest absolute Gasteiger partial charge is 0.494 e. The van der Waals surface area contributed by atoms with Crippen molar-refractivity contribution in [3.05, 3.63) is 29.6 Å². The molecule has 0 saturated carbocycles. The number of amides is 1. The molecule has 2 N–H and O–H groups in total. The van der Waals surface area contributed by atoms with Crippen LogP contribution < -0.4 is 10.1 Å². The van der Waals surface area contributed by atoms with Crippen molar-refractivity contribution in [2.24, 2.45) is 0 Å². The van der Waals surface area contributed by atoms with Crippen LogP contribution in [0.2, 0.25) is 0 Å². The number of ether oxygens (including phenoxy) is 1. The van der Waals surface area contributed by atoms with E-state index in [1.165, 1.54) is 19.2 Å². The van der Waals surface area contributed by atoms with Gasteiger partial charge in [-0.1, -0.05) is 6.07 Å². The molecule has 0 saturated heterocycles. The smallest absolute Gasteiger partial charge is 0.311 e. The van der Waals surface area contributed by atoms with Crippen molar-refractivity contribution in [3.8, 4) is 5.75 Å². The number of benzene rings is 1. The molecule has 1 aromatic carbocycles. The second-order valence-electron chi connectivity index (χ2n) is 3.94. The molecule has 5 nitrogen and oxygen atoms in total. The van der Waals surface area contributed by atoms with E-state index in [1.54, 1.807) is 6.92 Å². The summed E-state index contributed by atoms with van der Waals surface area (Å²) < 4.78 is 18.3. The van der Waals surface area contributed by atoms with Crippen LogP contribution in [0.1, 0.15) is 24.8 Å². The monoisotopic (exact) mass is 269 g/mol. The Balaban J connectivity index is 2.96. The zero-order valence-corrected chi connectivity index (χ0v) is 10.8. The predicted octanol–water partition coefficient (Wildman–Crippen LogP) is 1.53. The summed E-state index contributed by atoms with van der Waals surface area (Å²) in [5, 5.41) is 11.6. The maximum Gasteiger partial charge on any atom is 0.311 e. The predicted molar refractivity (Wildman–Crippen MR) is 66.6 cm³/mol. The number of methoxy groups -OCH3 is 1. The summed E-state index contributed by atoms with van der Waals surface area (Å²) in [6, 6.07) is 3.87. The second kappa shape index (κ2) is 6.72. The molecule has 0 bridgehead atoms. The van der Waals surface area contributed by atoms with Gasteiger partial charge >= 0.3 is 5.97 Å². The minimum absolute atomic E-state index is 0.0332. The molecule has 1 amide bonds. The van der Waals surface area contributed by atoms with E-state index in [4.69, 9.17) is 9.84 Å². The topological polar surface area (TPSA) is 75.6 Å². The SMILES string of the molecule is CCNC(=O)CC(C(=O)O)c1ccc(OC)c(F)c1. The van der Waals surface area contributed by atoms with Gasteiger partial charge in [0.05, 0.1) is 13.0 Å². The Kier molecular flexibility index (Phi) is 5.29. The normalized spacial score (nSPS) is 11.7. The van der Waals surface area contributed by atoms with E-state index in [0.29, 0.717) is 6.54 Å². The standard InChI is InChI=1S/C13H16FNO4/c1-3-15-12(16)7-9(13(17)18)8-4-5-11(19-2)10(14)6-8/h4-6,9H,3,7H2,1-2H3,(H,15,16)(H,17,18). The highest BCUT2D eigenvalue weighted by Crippen LogP contribution is 2.25. The Labute approximate surface area is 110 Å². The fourth-order valence-electron chi connectivity index (χ4n) is 1.70. The highest BCUT2D eigenvalue weighted by molar-refractivity contribution is 5.85. The molecule has 1 aromatic rings. The number of carboxylic acids is 1. The molecule has 104 valence electrons. The van der Waals surface area contributed by atoms with E-state index in [-0.39, 0.29) is 23.6 Å². The van der Waals surface area contributed by atoms with Crippen molar-refractivity contribution in [1.29, 1.82) is 0 Å². The summed E-state index contributed by atoms with van der Waals surface area (Å²) >= 11 is 0. The lowest BCUT2D eigenvalue weighted by Crippen LogP contribution is -2.27. The van der Waals surface area contributed by atoms with Crippen LogP contribution in [0, 0.1) is 5.82 Å². The summed E-state index contributed by atoms with van der Waals surface area (Å²) in [5.74, 6) is -3.25. The van der Waals surface area contributed by atoms with E-state index in [0.717, 1.165) is 6.07 Å². The van der Waals surface area contributed by atoms with Gasteiger partial charge in [0.15, 0.2) is 11.6 Å². The molecule has 1 atom stereocenters. The minimum Gasteiger partial charge on any atom is -0.494 e. The quantitative estimate of drug-likeness (QED) is 0.821. The molecular formula is C13H16FNO4. The average Bonchev–Trinajstić information content (AvgIpc) is 2.36. The van der Waals surface area contributed by atoms with Crippen LogP contribution in [-0.4, -0.2) is 30.6 Å². The van der Waals surface area contributed by atoms with Gasteiger partial charge in [0.25, 0.3) is 0 Å². The van der Waals surface area contributed by atoms with Gasteiger partial charge in [-0.05, 0) is 24.6 Å². The summed E-state index contributed by atoms with van der Waals surface area (Å²) in [6.07, 6.45) is -0.227. The van der Waals surface area contributed by atoms with Gasteiger partial charge in [0.2, 0.25) is 5.91 Å². The van der Waals surface area contributed by atoms with Crippen LogP contribution in [0.3, 0.4) is 0 Å². The van der Waals surface area contributed by atoms with Crippen molar-refractivity contribution < 1.29 is 23.8 Å². The van der Waals surface area contributed by atoms with Gasteiger partial charge in [0.1, 0.15) is 0 Å². The number of hydrogen-bond acceptors (Lipinski definition) is 3. The third kappa shape index (κ3) is 3.94. The van der Waals surface area contributed by atoms with Gasteiger partial charge in [-0.3, -0.25) is 9.59 Å². The van der Waals surface area contributed by atoms with Gasteiger partial charge in [-0.15, -0.1) is 0 Å². The highest BCUT2D eigenvalue weighted by Gasteiger charge is 2.24. The molecule has 0 heterocycles. The van der Waals surface area contributed by atoms with Crippen LogP contribution in [-0.2, 0) is 9.59 Å². The van der Waals surface area contributed by atoms with E-state index < -0.39 is 17.7 Å². The third-order valence-electron chi connectivity index (χ3n) is 2.64. The number of carbonyl (C=O) groups is 2. The van der Waals surface area contributed by atoms with Crippen molar-refractivity contribution in [2.45, 2.75) is 19.3 Å². The van der Waals surface area contributed by atoms with Crippen LogP contribution in [0.4, 0.5) is 4.39 Å². The molecule has 1 unspecified atom stereocenters. The Morgan fingerprint density at radius 1 is 1.47 bits per heavy atom. The first-order valence-electron chi connectivity index (χ1n) is 5.82. The molecule has 0 aromatic heterocycles. The molecule has 0 fully saturated rings. The lowest BCUT2D eigenvalue weighted by atomic mass is 9.95. The summed E-state index contributed by atoms with van der Waals surface area (Å²) in [6.45, 7) is 2.16. The summed E-state index contributed by atoms with van der Waals surface area (Å²) in [5.41, 5.74) is 0.233. The first-order valence-corrected chi connectivity index (χ1v) is 5.82. The van der Waals surface area contributed by atoms with E-state index in [1.807, 2.05) is 0 Å². The molecule has 0 spiro atoms. The molecule has 1 rings (SSSR count). The number of carboxylic acid groups (broad SMARTS) is 1. The summed E-state index contributed by atoms with van der Waals surface area (Å²) in [4.78, 5) is 22.6. The molecule has 0 aliphatic rings. The molecule has 6 heteroatoms. The number of halogens is 1. The van der Waals surface area contributed by atoms with Crippen LogP contribution in [0.25, 0.3) is 0 Å². The van der Waals surface area contributed by atoms with E-state index in [2.05, 4.69) is 5.32 Å². The molecule has 0 radical (unpaired) electrons. The third-order valence-corrected chi connectivity index (χ3v) is 2.64. The van der Waals surface area contributed by atoms with E-state index in [9.17, 15) is 14.0 Å². The van der Waals surface area contributed by atoms with Crippen molar-refractivity contribution in [1.82, 2.24) is 5.32 Å². The van der Waals surface area contributed by atoms with Gasteiger partial charge < -0.3 is 15.2 Å². The zero-order valence-electron chi connectivity index (χ0n) is 10.8. The van der Waals surface area contributed by atoms with Gasteiger partial charge in [-0.2, -0.15) is 0 Å². The molecular weight excluding hydrogens is 253 g/mol. The molecule has 19 heavy (non-hydrogen) atoms. The van der Waals surface area contributed by atoms with Crippen molar-refractivity contribution in [3.63, 3.8) is 0 Å². The number of carbonyl (C=O) groups excluding carboxylic acids is 1. The molecule has 0 aliphatic heterocycles. The zero-order chi connectivity index (χ0) is 14.4. The van der Waals surface area contributed by atoms with Crippen LogP contribution >= 0.6 is 0 Å². The Bertz CT molecular complexity index is 476. The number of aliphatic carboxylic acids is 1. The maximum atomic E-state index is 13.5. The fraction of sp³-hybridized carbons (Fsp3) is 0.385. The lowest BCUT2D eigenvalue weighted by molar-refractivity contribution is -0.140. The first-order chi connectivity index (χ1) is 8.99. The number of hydrogen-bond donors (Lipinski definition) is 2. The van der Waals surface area contributed by atoms with Crippen molar-refractivity contribution in [2.75, 3.05) is 13.7 Å². The second-order valence-corrected chi connectivity index (χ2v) is 3.94.